The number of rotatable bonds is 7. The molecule has 0 saturated heterocycles. The molecule has 1 fully saturated rings. The van der Waals surface area contributed by atoms with Crippen LogP contribution in [0.5, 0.6) is 11.5 Å². The smallest absolute Gasteiger partial charge is 0.224 e. The molecule has 23 heavy (non-hydrogen) atoms. The Balaban J connectivity index is 0.00000264. The Bertz CT molecular complexity index is 505. The summed E-state index contributed by atoms with van der Waals surface area (Å²) in [5, 5.41) is 2.91. The molecule has 6 heteroatoms. The summed E-state index contributed by atoms with van der Waals surface area (Å²) in [7, 11) is 1.64. The van der Waals surface area contributed by atoms with Crippen LogP contribution >= 0.6 is 12.4 Å². The van der Waals surface area contributed by atoms with Gasteiger partial charge in [0.2, 0.25) is 5.91 Å². The van der Waals surface area contributed by atoms with Crippen molar-refractivity contribution < 1.29 is 14.3 Å². The molecule has 1 unspecified atom stereocenters. The Labute approximate surface area is 144 Å². The summed E-state index contributed by atoms with van der Waals surface area (Å²) in [6, 6.07) is 5.72. The molecule has 130 valence electrons. The van der Waals surface area contributed by atoms with Gasteiger partial charge in [-0.2, -0.15) is 0 Å². The van der Waals surface area contributed by atoms with E-state index in [1.54, 1.807) is 7.11 Å². The van der Waals surface area contributed by atoms with Crippen molar-refractivity contribution in [2.45, 2.75) is 45.3 Å². The molecular formula is C17H27ClN2O3. The number of benzene rings is 1. The fraction of sp³-hybridized carbons (Fsp3) is 0.588. The number of carbonyl (C=O) groups excluding carboxylic acids is 1. The molecule has 0 spiro atoms. The van der Waals surface area contributed by atoms with Gasteiger partial charge in [0.15, 0.2) is 0 Å². The Hall–Kier alpha value is -1.46. The number of nitrogens with two attached hydrogens (primary N) is 1. The van der Waals surface area contributed by atoms with Gasteiger partial charge >= 0.3 is 0 Å². The normalized spacial score (nSPS) is 15.6. The molecule has 5 nitrogen and oxygen atoms in total. The molecule has 1 aliphatic rings. The lowest BCUT2D eigenvalue weighted by Crippen LogP contribution is -2.33. The summed E-state index contributed by atoms with van der Waals surface area (Å²) < 4.78 is 11.4. The molecule has 1 aromatic carbocycles. The highest BCUT2D eigenvalue weighted by Gasteiger charge is 2.19. The highest BCUT2D eigenvalue weighted by atomic mass is 35.5. The van der Waals surface area contributed by atoms with Crippen LogP contribution in [0.4, 0.5) is 0 Å². The quantitative estimate of drug-likeness (QED) is 0.799. The fourth-order valence-electron chi connectivity index (χ4n) is 2.57. The lowest BCUT2D eigenvalue weighted by Gasteiger charge is -2.18. The van der Waals surface area contributed by atoms with Crippen LogP contribution in [0.15, 0.2) is 18.2 Å². The van der Waals surface area contributed by atoms with Crippen LogP contribution in [0.1, 0.15) is 38.2 Å². The van der Waals surface area contributed by atoms with Crippen molar-refractivity contribution in [1.82, 2.24) is 5.32 Å². The second-order valence-corrected chi connectivity index (χ2v) is 5.85. The molecule has 1 aromatic rings. The zero-order chi connectivity index (χ0) is 15.9. The fourth-order valence-corrected chi connectivity index (χ4v) is 2.57. The van der Waals surface area contributed by atoms with E-state index in [9.17, 15) is 4.79 Å². The summed E-state index contributed by atoms with van der Waals surface area (Å²) in [5.41, 5.74) is 6.48. The largest absolute Gasteiger partial charge is 0.497 e. The van der Waals surface area contributed by atoms with Crippen LogP contribution < -0.4 is 20.5 Å². The summed E-state index contributed by atoms with van der Waals surface area (Å²) >= 11 is 0. The van der Waals surface area contributed by atoms with Gasteiger partial charge in [0.25, 0.3) is 0 Å². The summed E-state index contributed by atoms with van der Waals surface area (Å²) in [6.07, 6.45) is 4.88. The number of halogens is 1. The second kappa shape index (κ2) is 9.63. The molecular weight excluding hydrogens is 316 g/mol. The second-order valence-electron chi connectivity index (χ2n) is 5.85. The number of nitrogens with one attached hydrogen (secondary N) is 1. The van der Waals surface area contributed by atoms with Crippen molar-refractivity contribution in [3.8, 4) is 11.5 Å². The number of ether oxygens (including phenoxy) is 2. The Kier molecular flexibility index (Phi) is 8.20. The molecule has 0 bridgehead atoms. The van der Waals surface area contributed by atoms with E-state index in [4.69, 9.17) is 15.2 Å². The first kappa shape index (κ1) is 19.6. The minimum Gasteiger partial charge on any atom is -0.497 e. The molecule has 0 heterocycles. The maximum Gasteiger partial charge on any atom is 0.224 e. The number of carbonyl (C=O) groups is 1. The average Bonchev–Trinajstić information content (AvgIpc) is 3.05. The third kappa shape index (κ3) is 5.59. The van der Waals surface area contributed by atoms with Crippen LogP contribution in [0.25, 0.3) is 0 Å². The summed E-state index contributed by atoms with van der Waals surface area (Å²) in [4.78, 5) is 11.9. The van der Waals surface area contributed by atoms with Crippen molar-refractivity contribution in [1.29, 1.82) is 0 Å². The third-order valence-electron chi connectivity index (χ3n) is 4.12. The van der Waals surface area contributed by atoms with Crippen LogP contribution in [0.2, 0.25) is 0 Å². The zero-order valence-electron chi connectivity index (χ0n) is 13.8. The average molecular weight is 343 g/mol. The van der Waals surface area contributed by atoms with Crippen LogP contribution in [0, 0.1) is 5.92 Å². The maximum atomic E-state index is 11.9. The molecule has 1 aliphatic carbocycles. The van der Waals surface area contributed by atoms with Gasteiger partial charge in [-0.25, -0.2) is 0 Å². The van der Waals surface area contributed by atoms with Gasteiger partial charge < -0.3 is 20.5 Å². The van der Waals surface area contributed by atoms with Gasteiger partial charge in [0, 0.05) is 30.6 Å². The number of hydrogen-bond acceptors (Lipinski definition) is 4. The molecule has 1 atom stereocenters. The van der Waals surface area contributed by atoms with E-state index in [1.165, 1.54) is 12.8 Å². The van der Waals surface area contributed by atoms with E-state index in [2.05, 4.69) is 5.32 Å². The number of hydrogen-bond donors (Lipinski definition) is 2. The lowest BCUT2D eigenvalue weighted by atomic mass is 10.1. The molecule has 1 amide bonds. The zero-order valence-corrected chi connectivity index (χ0v) is 14.7. The molecule has 0 aliphatic heterocycles. The van der Waals surface area contributed by atoms with Crippen LogP contribution in [0.3, 0.4) is 0 Å². The number of amides is 1. The predicted molar refractivity (Wildman–Crippen MR) is 93.2 cm³/mol. The van der Waals surface area contributed by atoms with Crippen LogP contribution in [-0.4, -0.2) is 25.7 Å². The van der Waals surface area contributed by atoms with E-state index in [-0.39, 0.29) is 30.3 Å². The number of methoxy groups -OCH3 is 1. The first-order chi connectivity index (χ1) is 10.6. The highest BCUT2D eigenvalue weighted by molar-refractivity contribution is 5.85. The van der Waals surface area contributed by atoms with Gasteiger partial charge in [0.1, 0.15) is 11.5 Å². The monoisotopic (exact) mass is 342 g/mol. The van der Waals surface area contributed by atoms with E-state index in [0.717, 1.165) is 29.9 Å². The highest BCUT2D eigenvalue weighted by Crippen LogP contribution is 2.30. The van der Waals surface area contributed by atoms with Crippen molar-refractivity contribution in [3.05, 3.63) is 23.8 Å². The topological polar surface area (TPSA) is 73.6 Å². The minimum atomic E-state index is -0.183. The molecule has 0 radical (unpaired) electrons. The first-order valence-electron chi connectivity index (χ1n) is 7.95. The van der Waals surface area contributed by atoms with Gasteiger partial charge in [-0.3, -0.25) is 4.79 Å². The lowest BCUT2D eigenvalue weighted by molar-refractivity contribution is -0.124. The van der Waals surface area contributed by atoms with Crippen molar-refractivity contribution in [2.24, 2.45) is 11.7 Å². The summed E-state index contributed by atoms with van der Waals surface area (Å²) in [6.45, 7) is 2.61. The Morgan fingerprint density at radius 2 is 2.09 bits per heavy atom. The van der Waals surface area contributed by atoms with Gasteiger partial charge in [-0.05, 0) is 37.8 Å². The van der Waals surface area contributed by atoms with Gasteiger partial charge in [-0.1, -0.05) is 6.92 Å². The van der Waals surface area contributed by atoms with E-state index >= 15 is 0 Å². The van der Waals surface area contributed by atoms with E-state index in [0.29, 0.717) is 13.1 Å². The summed E-state index contributed by atoms with van der Waals surface area (Å²) in [5.74, 6) is 1.34. The van der Waals surface area contributed by atoms with Crippen molar-refractivity contribution in [2.75, 3.05) is 13.7 Å². The first-order valence-corrected chi connectivity index (χ1v) is 7.95. The molecule has 1 saturated carbocycles. The SMILES string of the molecule is COc1ccc(CNC(=O)C(C)CN)c(OC2CCCC2)c1.Cl. The van der Waals surface area contributed by atoms with Crippen molar-refractivity contribution in [3.63, 3.8) is 0 Å². The molecule has 2 rings (SSSR count). The molecule has 0 aromatic heterocycles. The van der Waals surface area contributed by atoms with Crippen LogP contribution in [-0.2, 0) is 11.3 Å². The standard InChI is InChI=1S/C17H26N2O3.ClH/c1-12(10-18)17(20)19-11-13-7-8-15(21-2)9-16(13)22-14-5-3-4-6-14;/h7-9,12,14H,3-6,10-11,18H2,1-2H3,(H,19,20);1H. The van der Waals surface area contributed by atoms with Crippen molar-refractivity contribution >= 4 is 18.3 Å². The Morgan fingerprint density at radius 3 is 2.70 bits per heavy atom. The third-order valence-corrected chi connectivity index (χ3v) is 4.12. The maximum absolute atomic E-state index is 11.9. The predicted octanol–water partition coefficient (Wildman–Crippen LogP) is 2.65. The van der Waals surface area contributed by atoms with Gasteiger partial charge in [-0.15, -0.1) is 12.4 Å². The van der Waals surface area contributed by atoms with Gasteiger partial charge in [0.05, 0.1) is 13.2 Å². The van der Waals surface area contributed by atoms with E-state index in [1.807, 2.05) is 25.1 Å². The molecule has 3 N–H and O–H groups in total. The van der Waals surface area contributed by atoms with E-state index < -0.39 is 0 Å². The minimum absolute atomic E-state index is 0. The Morgan fingerprint density at radius 1 is 1.39 bits per heavy atom.